The van der Waals surface area contributed by atoms with E-state index in [0.717, 1.165) is 46.3 Å². The van der Waals surface area contributed by atoms with Gasteiger partial charge in [0.25, 0.3) is 5.91 Å². The third kappa shape index (κ3) is 3.16. The third-order valence-corrected chi connectivity index (χ3v) is 5.58. The van der Waals surface area contributed by atoms with Crippen LogP contribution in [-0.2, 0) is 0 Å². The molecule has 0 bridgehead atoms. The summed E-state index contributed by atoms with van der Waals surface area (Å²) in [5.74, 6) is 0.885. The van der Waals surface area contributed by atoms with Crippen molar-refractivity contribution in [2.24, 2.45) is 0 Å². The fourth-order valence-corrected chi connectivity index (χ4v) is 4.00. The number of aromatic amines is 1. The Kier molecular flexibility index (Phi) is 4.31. The van der Waals surface area contributed by atoms with Gasteiger partial charge in [-0.3, -0.25) is 9.78 Å². The number of nitrogens with one attached hydrogen (secondary N) is 1. The zero-order valence-electron chi connectivity index (χ0n) is 16.3. The van der Waals surface area contributed by atoms with Crippen molar-refractivity contribution in [2.45, 2.75) is 0 Å². The Hall–Kier alpha value is -3.54. The number of piperazine rings is 1. The van der Waals surface area contributed by atoms with Crippen LogP contribution in [0.15, 0.2) is 60.8 Å². The number of pyridine rings is 1. The normalized spacial score (nSPS) is 14.5. The van der Waals surface area contributed by atoms with Gasteiger partial charge in [0, 0.05) is 54.9 Å². The average Bonchev–Trinajstić information content (AvgIpc) is 3.24. The van der Waals surface area contributed by atoms with E-state index in [1.165, 1.54) is 0 Å². The van der Waals surface area contributed by atoms with Gasteiger partial charge in [-0.1, -0.05) is 24.3 Å². The van der Waals surface area contributed by atoms with E-state index < -0.39 is 0 Å². The molecule has 4 aromatic rings. The first-order valence-electron chi connectivity index (χ1n) is 9.78. The molecule has 6 nitrogen and oxygen atoms in total. The van der Waals surface area contributed by atoms with E-state index in [0.29, 0.717) is 18.8 Å². The zero-order valence-corrected chi connectivity index (χ0v) is 16.3. The van der Waals surface area contributed by atoms with Gasteiger partial charge >= 0.3 is 0 Å². The molecular weight excluding hydrogens is 364 g/mol. The summed E-state index contributed by atoms with van der Waals surface area (Å²) in [6.45, 7) is 2.96. The maximum Gasteiger partial charge on any atom is 0.270 e. The van der Waals surface area contributed by atoms with Crippen molar-refractivity contribution >= 4 is 33.4 Å². The second-order valence-electron chi connectivity index (χ2n) is 7.27. The average molecular weight is 386 g/mol. The van der Waals surface area contributed by atoms with E-state index in [-0.39, 0.29) is 5.91 Å². The van der Waals surface area contributed by atoms with Crippen LogP contribution in [0.4, 0.5) is 5.69 Å². The lowest BCUT2D eigenvalue weighted by molar-refractivity contribution is 0.0742. The Bertz CT molecular complexity index is 1190. The number of H-pyrrole nitrogens is 1. The van der Waals surface area contributed by atoms with Crippen LogP contribution in [0.25, 0.3) is 21.8 Å². The van der Waals surface area contributed by atoms with Crippen LogP contribution in [0, 0.1) is 0 Å². The molecule has 2 aromatic heterocycles. The van der Waals surface area contributed by atoms with Crippen molar-refractivity contribution in [3.63, 3.8) is 0 Å². The molecule has 1 amide bonds. The van der Waals surface area contributed by atoms with Crippen LogP contribution >= 0.6 is 0 Å². The number of fused-ring (bicyclic) bond motifs is 3. The third-order valence-electron chi connectivity index (χ3n) is 5.58. The molecule has 0 radical (unpaired) electrons. The molecule has 1 N–H and O–H groups in total. The van der Waals surface area contributed by atoms with Crippen LogP contribution < -0.4 is 9.64 Å². The highest BCUT2D eigenvalue weighted by Gasteiger charge is 2.24. The number of ether oxygens (including phenoxy) is 1. The van der Waals surface area contributed by atoms with E-state index in [9.17, 15) is 4.79 Å². The number of aromatic nitrogens is 2. The van der Waals surface area contributed by atoms with Gasteiger partial charge in [0.2, 0.25) is 0 Å². The lowest BCUT2D eigenvalue weighted by atomic mass is 10.1. The largest absolute Gasteiger partial charge is 0.497 e. The van der Waals surface area contributed by atoms with Gasteiger partial charge in [0.15, 0.2) is 0 Å². The van der Waals surface area contributed by atoms with E-state index in [1.807, 2.05) is 53.4 Å². The zero-order chi connectivity index (χ0) is 19.8. The van der Waals surface area contributed by atoms with Crippen molar-refractivity contribution in [3.8, 4) is 5.75 Å². The minimum absolute atomic E-state index is 0.0376. The number of hydrogen-bond donors (Lipinski definition) is 1. The van der Waals surface area contributed by atoms with Crippen molar-refractivity contribution in [3.05, 3.63) is 66.5 Å². The molecule has 0 saturated carbocycles. The highest BCUT2D eigenvalue weighted by atomic mass is 16.5. The minimum atomic E-state index is 0.0376. The number of anilines is 1. The van der Waals surface area contributed by atoms with Crippen molar-refractivity contribution < 1.29 is 9.53 Å². The summed E-state index contributed by atoms with van der Waals surface area (Å²) in [6, 6.07) is 18.0. The maximum absolute atomic E-state index is 13.1. The number of carbonyl (C=O) groups is 1. The molecule has 146 valence electrons. The standard InChI is InChI=1S/C23H22N4O2/c1-29-19-6-2-5-18(15-19)26-10-12-27(13-11-26)23(28)20-14-17-8-7-16-4-3-9-24-21(16)22(17)25-20/h2-9,14-15,25H,10-13H2,1H3. The molecule has 1 aliphatic rings. The molecule has 2 aromatic carbocycles. The number of methoxy groups -OCH3 is 1. The predicted molar refractivity (Wildman–Crippen MR) is 115 cm³/mol. The predicted octanol–water partition coefficient (Wildman–Crippen LogP) is 3.69. The van der Waals surface area contributed by atoms with Crippen molar-refractivity contribution in [1.82, 2.24) is 14.9 Å². The number of amides is 1. The molecule has 6 heteroatoms. The summed E-state index contributed by atoms with van der Waals surface area (Å²) in [4.78, 5) is 25.1. The number of hydrogen-bond acceptors (Lipinski definition) is 4. The van der Waals surface area contributed by atoms with Gasteiger partial charge < -0.3 is 19.5 Å². The van der Waals surface area contributed by atoms with Gasteiger partial charge in [-0.2, -0.15) is 0 Å². The SMILES string of the molecule is COc1cccc(N2CCN(C(=O)c3cc4ccc5cccnc5c4[nH]3)CC2)c1. The number of carbonyl (C=O) groups excluding carboxylic acids is 1. The van der Waals surface area contributed by atoms with Crippen LogP contribution in [0.3, 0.4) is 0 Å². The van der Waals surface area contributed by atoms with Gasteiger partial charge in [-0.25, -0.2) is 0 Å². The van der Waals surface area contributed by atoms with Crippen molar-refractivity contribution in [1.29, 1.82) is 0 Å². The highest BCUT2D eigenvalue weighted by Crippen LogP contribution is 2.25. The minimum Gasteiger partial charge on any atom is -0.497 e. The summed E-state index contributed by atoms with van der Waals surface area (Å²) in [6.07, 6.45) is 1.78. The molecule has 1 aliphatic heterocycles. The molecule has 1 saturated heterocycles. The first-order valence-corrected chi connectivity index (χ1v) is 9.78. The van der Waals surface area contributed by atoms with Gasteiger partial charge in [-0.05, 0) is 24.3 Å². The Labute approximate surface area is 168 Å². The second kappa shape index (κ2) is 7.13. The lowest BCUT2D eigenvalue weighted by Crippen LogP contribution is -2.48. The summed E-state index contributed by atoms with van der Waals surface area (Å²) in [5, 5.41) is 2.07. The van der Waals surface area contributed by atoms with E-state index in [2.05, 4.69) is 20.9 Å². The quantitative estimate of drug-likeness (QED) is 0.583. The Morgan fingerprint density at radius 3 is 2.66 bits per heavy atom. The molecule has 3 heterocycles. The Morgan fingerprint density at radius 2 is 1.83 bits per heavy atom. The summed E-state index contributed by atoms with van der Waals surface area (Å²) in [7, 11) is 1.68. The fourth-order valence-electron chi connectivity index (χ4n) is 4.00. The summed E-state index contributed by atoms with van der Waals surface area (Å²) < 4.78 is 5.32. The number of benzene rings is 2. The molecule has 5 rings (SSSR count). The molecule has 0 aliphatic carbocycles. The van der Waals surface area contributed by atoms with Crippen LogP contribution in [0.1, 0.15) is 10.5 Å². The molecular formula is C23H22N4O2. The Balaban J connectivity index is 1.34. The van der Waals surface area contributed by atoms with E-state index >= 15 is 0 Å². The topological polar surface area (TPSA) is 61.5 Å². The van der Waals surface area contributed by atoms with Gasteiger partial charge in [0.1, 0.15) is 11.4 Å². The first-order chi connectivity index (χ1) is 14.2. The van der Waals surface area contributed by atoms with Crippen LogP contribution in [0.5, 0.6) is 5.75 Å². The summed E-state index contributed by atoms with van der Waals surface area (Å²) in [5.41, 5.74) is 3.56. The first kappa shape index (κ1) is 17.6. The Morgan fingerprint density at radius 1 is 1.00 bits per heavy atom. The fraction of sp³-hybridized carbons (Fsp3) is 0.217. The number of rotatable bonds is 3. The second-order valence-corrected chi connectivity index (χ2v) is 7.27. The molecule has 0 unspecified atom stereocenters. The molecule has 0 spiro atoms. The van der Waals surface area contributed by atoms with E-state index in [4.69, 9.17) is 4.74 Å². The van der Waals surface area contributed by atoms with E-state index in [1.54, 1.807) is 13.3 Å². The molecule has 0 atom stereocenters. The highest BCUT2D eigenvalue weighted by molar-refractivity contribution is 6.07. The maximum atomic E-state index is 13.1. The summed E-state index contributed by atoms with van der Waals surface area (Å²) >= 11 is 0. The van der Waals surface area contributed by atoms with Gasteiger partial charge in [-0.15, -0.1) is 0 Å². The van der Waals surface area contributed by atoms with Crippen LogP contribution in [0.2, 0.25) is 0 Å². The molecule has 1 fully saturated rings. The molecule has 29 heavy (non-hydrogen) atoms. The number of nitrogens with zero attached hydrogens (tertiary/aromatic N) is 3. The van der Waals surface area contributed by atoms with Crippen LogP contribution in [-0.4, -0.2) is 54.1 Å². The van der Waals surface area contributed by atoms with Gasteiger partial charge in [0.05, 0.1) is 18.1 Å². The van der Waals surface area contributed by atoms with Crippen molar-refractivity contribution in [2.75, 3.05) is 38.2 Å². The lowest BCUT2D eigenvalue weighted by Gasteiger charge is -2.36. The smallest absolute Gasteiger partial charge is 0.270 e. The monoisotopic (exact) mass is 386 g/mol.